The molecule has 4 rings (SSSR count). The van der Waals surface area contributed by atoms with E-state index < -0.39 is 35.0 Å². The first-order valence-electron chi connectivity index (χ1n) is 12.3. The van der Waals surface area contributed by atoms with E-state index in [0.717, 1.165) is 13.1 Å². The van der Waals surface area contributed by atoms with Crippen molar-refractivity contribution in [2.75, 3.05) is 59.2 Å². The Balaban J connectivity index is 1.57. The molecule has 2 N–H and O–H groups in total. The summed E-state index contributed by atoms with van der Waals surface area (Å²) in [4.78, 5) is 43.9. The number of nitrogens with one attached hydrogen (secondary N) is 1. The Morgan fingerprint density at radius 1 is 1.21 bits per heavy atom. The molecule has 1 spiro atoms. The molecule has 0 aliphatic carbocycles. The fraction of sp³-hybridized carbons (Fsp3) is 0.870. The molecule has 4 aliphatic heterocycles. The third-order valence-corrected chi connectivity index (χ3v) is 7.86. The molecule has 10 nitrogen and oxygen atoms in total. The molecule has 2 bridgehead atoms. The number of amides is 2. The summed E-state index contributed by atoms with van der Waals surface area (Å²) in [7, 11) is 0. The van der Waals surface area contributed by atoms with E-state index >= 15 is 0 Å². The number of hydrogen-bond acceptors (Lipinski definition) is 8. The van der Waals surface area contributed by atoms with Crippen molar-refractivity contribution in [3.05, 3.63) is 0 Å². The number of aliphatic hydroxyl groups is 1. The maximum atomic E-state index is 13.6. The molecule has 186 valence electrons. The maximum absolute atomic E-state index is 13.6. The Labute approximate surface area is 194 Å². The van der Waals surface area contributed by atoms with Gasteiger partial charge in [0.2, 0.25) is 11.8 Å². The van der Waals surface area contributed by atoms with E-state index in [0.29, 0.717) is 52.0 Å². The van der Waals surface area contributed by atoms with Crippen molar-refractivity contribution in [2.24, 2.45) is 11.8 Å². The van der Waals surface area contributed by atoms with Crippen LogP contribution in [0.2, 0.25) is 0 Å². The van der Waals surface area contributed by atoms with Crippen molar-refractivity contribution >= 4 is 17.8 Å². The van der Waals surface area contributed by atoms with Gasteiger partial charge in [-0.3, -0.25) is 19.3 Å². The van der Waals surface area contributed by atoms with Crippen molar-refractivity contribution < 1.29 is 33.7 Å². The van der Waals surface area contributed by atoms with Gasteiger partial charge in [-0.2, -0.15) is 0 Å². The molecule has 0 aromatic heterocycles. The Morgan fingerprint density at radius 3 is 2.64 bits per heavy atom. The lowest BCUT2D eigenvalue weighted by molar-refractivity contribution is -0.160. The third kappa shape index (κ3) is 4.05. The highest BCUT2D eigenvalue weighted by Crippen LogP contribution is 2.64. The normalized spacial score (nSPS) is 35.7. The minimum absolute atomic E-state index is 0.0894. The van der Waals surface area contributed by atoms with E-state index in [4.69, 9.17) is 14.2 Å². The van der Waals surface area contributed by atoms with E-state index in [1.807, 2.05) is 6.92 Å². The third-order valence-electron chi connectivity index (χ3n) is 7.86. The van der Waals surface area contributed by atoms with Crippen LogP contribution in [0.25, 0.3) is 0 Å². The zero-order chi connectivity index (χ0) is 23.6. The van der Waals surface area contributed by atoms with E-state index in [1.54, 1.807) is 6.92 Å². The number of aliphatic hydroxyl groups excluding tert-OH is 1. The number of ether oxygens (including phenoxy) is 3. The summed E-state index contributed by atoms with van der Waals surface area (Å²) in [6, 6.07) is -0.820. The number of likely N-dealkylation sites (tertiary alicyclic amines) is 1. The molecule has 4 aliphatic rings. The predicted molar refractivity (Wildman–Crippen MR) is 117 cm³/mol. The number of rotatable bonds is 10. The van der Waals surface area contributed by atoms with Crippen molar-refractivity contribution in [1.29, 1.82) is 0 Å². The Hall–Kier alpha value is -1.75. The quantitative estimate of drug-likeness (QED) is 0.415. The number of carbonyl (C=O) groups is 3. The van der Waals surface area contributed by atoms with Gasteiger partial charge >= 0.3 is 5.97 Å². The smallest absolute Gasteiger partial charge is 0.312 e. The Kier molecular flexibility index (Phi) is 7.28. The van der Waals surface area contributed by atoms with Crippen LogP contribution in [0.3, 0.4) is 0 Å². The molecule has 0 aromatic rings. The second-order valence-corrected chi connectivity index (χ2v) is 9.44. The highest BCUT2D eigenvalue weighted by atomic mass is 16.6. The summed E-state index contributed by atoms with van der Waals surface area (Å²) in [5.41, 5.74) is -1.81. The zero-order valence-electron chi connectivity index (χ0n) is 19.7. The van der Waals surface area contributed by atoms with Gasteiger partial charge < -0.3 is 29.5 Å². The van der Waals surface area contributed by atoms with Crippen molar-refractivity contribution in [3.8, 4) is 0 Å². The van der Waals surface area contributed by atoms with Crippen LogP contribution in [0, 0.1) is 11.8 Å². The lowest BCUT2D eigenvalue weighted by Crippen LogP contribution is -2.56. The number of nitrogens with zero attached hydrogens (tertiary/aromatic N) is 2. The second kappa shape index (κ2) is 9.85. The second-order valence-electron chi connectivity index (χ2n) is 9.44. The summed E-state index contributed by atoms with van der Waals surface area (Å²) < 4.78 is 17.3. The van der Waals surface area contributed by atoms with Gasteiger partial charge in [-0.25, -0.2) is 0 Å². The summed E-state index contributed by atoms with van der Waals surface area (Å²) in [6.07, 6.45) is 2.09. The van der Waals surface area contributed by atoms with E-state index in [9.17, 15) is 19.5 Å². The van der Waals surface area contributed by atoms with Gasteiger partial charge in [0.15, 0.2) is 0 Å². The van der Waals surface area contributed by atoms with Crippen LogP contribution < -0.4 is 5.32 Å². The number of morpholine rings is 1. The summed E-state index contributed by atoms with van der Waals surface area (Å²) >= 11 is 0. The summed E-state index contributed by atoms with van der Waals surface area (Å²) in [5, 5.41) is 12.4. The van der Waals surface area contributed by atoms with Crippen molar-refractivity contribution in [1.82, 2.24) is 15.1 Å². The van der Waals surface area contributed by atoms with Crippen molar-refractivity contribution in [3.63, 3.8) is 0 Å². The number of carbonyl (C=O) groups excluding carboxylic acids is 3. The predicted octanol–water partition coefficient (Wildman–Crippen LogP) is -0.465. The zero-order valence-corrected chi connectivity index (χ0v) is 19.7. The van der Waals surface area contributed by atoms with Gasteiger partial charge in [0.25, 0.3) is 0 Å². The first-order valence-corrected chi connectivity index (χ1v) is 12.3. The average Bonchev–Trinajstić information content (AvgIpc) is 3.42. The molecular formula is C23H37N3O7. The topological polar surface area (TPSA) is 118 Å². The maximum Gasteiger partial charge on any atom is 0.312 e. The van der Waals surface area contributed by atoms with E-state index in [2.05, 4.69) is 10.2 Å². The number of fused-ring (bicyclic) bond motifs is 1. The minimum Gasteiger partial charge on any atom is -0.466 e. The monoisotopic (exact) mass is 467 g/mol. The molecule has 33 heavy (non-hydrogen) atoms. The van der Waals surface area contributed by atoms with Crippen LogP contribution in [-0.2, 0) is 28.6 Å². The van der Waals surface area contributed by atoms with Crippen LogP contribution in [-0.4, -0.2) is 109 Å². The first-order chi connectivity index (χ1) is 15.9. The highest BCUT2D eigenvalue weighted by molar-refractivity contribution is 5.98. The minimum atomic E-state index is -1.04. The molecular weight excluding hydrogens is 430 g/mol. The molecule has 0 aromatic carbocycles. The van der Waals surface area contributed by atoms with Crippen LogP contribution in [0.1, 0.15) is 39.5 Å². The molecule has 0 saturated carbocycles. The molecule has 2 unspecified atom stereocenters. The molecule has 4 saturated heterocycles. The lowest BCUT2D eigenvalue weighted by atomic mass is 9.65. The van der Waals surface area contributed by atoms with Gasteiger partial charge in [-0.05, 0) is 32.6 Å². The van der Waals surface area contributed by atoms with E-state index in [-0.39, 0.29) is 31.6 Å². The van der Waals surface area contributed by atoms with Gasteiger partial charge in [-0.1, -0.05) is 6.92 Å². The SMILES string of the molecule is CCOC(=O)[C@@H]1[C@H]2C(=O)N(CCCO)C(C(=O)NCCN3CCOCC3)C23CC[C@@]1(CC)O3. The molecule has 10 heteroatoms. The van der Waals surface area contributed by atoms with E-state index in [1.165, 1.54) is 4.90 Å². The van der Waals surface area contributed by atoms with Crippen LogP contribution in [0.15, 0.2) is 0 Å². The highest BCUT2D eigenvalue weighted by Gasteiger charge is 2.78. The Morgan fingerprint density at radius 2 is 1.97 bits per heavy atom. The standard InChI is InChI=1S/C23H37N3O7/c1-3-22-6-7-23(33-22)16(17(22)21(30)32-4-2)20(29)26(9-5-13-27)18(23)19(28)24-8-10-25-11-14-31-15-12-25/h16-18,27H,3-15H2,1-2H3,(H,24,28)/t16-,17-,18?,22+,23?/m0/s1. The lowest BCUT2D eigenvalue weighted by Gasteiger charge is -2.34. The van der Waals surface area contributed by atoms with Crippen LogP contribution in [0.5, 0.6) is 0 Å². The molecule has 5 atom stereocenters. The fourth-order valence-electron chi connectivity index (χ4n) is 6.35. The van der Waals surface area contributed by atoms with Gasteiger partial charge in [0.05, 0.1) is 31.3 Å². The van der Waals surface area contributed by atoms with Gasteiger partial charge in [0, 0.05) is 39.3 Å². The first kappa shape index (κ1) is 24.4. The largest absolute Gasteiger partial charge is 0.466 e. The fourth-order valence-corrected chi connectivity index (χ4v) is 6.35. The molecule has 4 fully saturated rings. The van der Waals surface area contributed by atoms with Crippen LogP contribution in [0.4, 0.5) is 0 Å². The molecule has 2 amide bonds. The summed E-state index contributed by atoms with van der Waals surface area (Å²) in [5.74, 6) is -2.38. The van der Waals surface area contributed by atoms with Gasteiger partial charge in [0.1, 0.15) is 17.6 Å². The molecule has 4 heterocycles. The Bertz CT molecular complexity index is 758. The number of esters is 1. The van der Waals surface area contributed by atoms with Crippen LogP contribution >= 0.6 is 0 Å². The average molecular weight is 468 g/mol. The number of hydrogen-bond donors (Lipinski definition) is 2. The van der Waals surface area contributed by atoms with Gasteiger partial charge in [-0.15, -0.1) is 0 Å². The summed E-state index contributed by atoms with van der Waals surface area (Å²) in [6.45, 7) is 8.27. The molecule has 0 radical (unpaired) electrons. The van der Waals surface area contributed by atoms with Crippen molar-refractivity contribution in [2.45, 2.75) is 56.8 Å².